The van der Waals surface area contributed by atoms with E-state index in [1.807, 2.05) is 61.2 Å². The number of hydrogen-bond acceptors (Lipinski definition) is 4. The number of carbonyl (C=O) groups excluding carboxylic acids is 1. The summed E-state index contributed by atoms with van der Waals surface area (Å²) in [4.78, 5) is 19.5. The number of piperazine rings is 1. The first-order valence-electron chi connectivity index (χ1n) is 10.4. The normalized spacial score (nSPS) is 15.8. The molecule has 0 saturated carbocycles. The molecular formula is C23H31FN4O. The fraction of sp³-hybridized carbons (Fsp3) is 0.435. The third kappa shape index (κ3) is 4.70. The van der Waals surface area contributed by atoms with Gasteiger partial charge < -0.3 is 15.1 Å². The Morgan fingerprint density at radius 3 is 2.28 bits per heavy atom. The van der Waals surface area contributed by atoms with Crippen LogP contribution in [0.2, 0.25) is 0 Å². The molecule has 1 unspecified atom stereocenters. The minimum absolute atomic E-state index is 0.138. The molecule has 6 heteroatoms. The van der Waals surface area contributed by atoms with Crippen molar-refractivity contribution in [1.82, 2.24) is 9.80 Å². The zero-order valence-electron chi connectivity index (χ0n) is 17.6. The van der Waals surface area contributed by atoms with E-state index < -0.39 is 0 Å². The Bertz CT molecular complexity index is 802. The molecule has 0 radical (unpaired) electrons. The number of nitrogens with zero attached hydrogens (tertiary/aromatic N) is 3. The van der Waals surface area contributed by atoms with Crippen LogP contribution in [0.4, 0.5) is 15.8 Å². The highest BCUT2D eigenvalue weighted by atomic mass is 19.1. The summed E-state index contributed by atoms with van der Waals surface area (Å²) >= 11 is 0. The number of benzene rings is 2. The first-order valence-corrected chi connectivity index (χ1v) is 10.4. The van der Waals surface area contributed by atoms with E-state index in [0.717, 1.165) is 11.3 Å². The summed E-state index contributed by atoms with van der Waals surface area (Å²) in [5.74, 6) is -0.0802. The van der Waals surface area contributed by atoms with Gasteiger partial charge in [0.25, 0.3) is 0 Å². The zero-order valence-corrected chi connectivity index (χ0v) is 17.6. The second kappa shape index (κ2) is 9.74. The maximum absolute atomic E-state index is 14.5. The van der Waals surface area contributed by atoms with E-state index in [0.29, 0.717) is 45.0 Å². The molecule has 1 saturated heterocycles. The molecule has 0 aromatic heterocycles. The maximum atomic E-state index is 14.5. The molecule has 1 N–H and O–H groups in total. The highest BCUT2D eigenvalue weighted by Crippen LogP contribution is 2.28. The van der Waals surface area contributed by atoms with Crippen LogP contribution in [0.25, 0.3) is 0 Å². The van der Waals surface area contributed by atoms with Crippen LogP contribution in [0.5, 0.6) is 0 Å². The number of amides is 1. The molecule has 1 heterocycles. The number of likely N-dealkylation sites (N-methyl/N-ethyl adjacent to an activating group) is 1. The summed E-state index contributed by atoms with van der Waals surface area (Å²) in [5.41, 5.74) is 2.40. The van der Waals surface area contributed by atoms with Crippen LogP contribution in [-0.2, 0) is 4.79 Å². The lowest BCUT2D eigenvalue weighted by atomic mass is 10.0. The highest BCUT2D eigenvalue weighted by molar-refractivity contribution is 5.83. The second-order valence-corrected chi connectivity index (χ2v) is 7.26. The molecule has 0 spiro atoms. The maximum Gasteiger partial charge on any atom is 0.244 e. The lowest BCUT2D eigenvalue weighted by Gasteiger charge is -2.41. The Morgan fingerprint density at radius 1 is 1.07 bits per heavy atom. The quantitative estimate of drug-likeness (QED) is 0.774. The van der Waals surface area contributed by atoms with E-state index in [1.165, 1.54) is 6.07 Å². The molecule has 2 aromatic rings. The van der Waals surface area contributed by atoms with Crippen LogP contribution in [0.15, 0.2) is 48.5 Å². The van der Waals surface area contributed by atoms with Gasteiger partial charge in [0.05, 0.1) is 5.69 Å². The highest BCUT2D eigenvalue weighted by Gasteiger charge is 2.33. The summed E-state index contributed by atoms with van der Waals surface area (Å²) in [6.45, 7) is 8.20. The molecule has 29 heavy (non-hydrogen) atoms. The minimum Gasteiger partial charge on any atom is -0.388 e. The van der Waals surface area contributed by atoms with Crippen molar-refractivity contribution in [3.8, 4) is 0 Å². The third-order valence-corrected chi connectivity index (χ3v) is 5.68. The van der Waals surface area contributed by atoms with Crippen LogP contribution in [0.1, 0.15) is 25.5 Å². The van der Waals surface area contributed by atoms with Crippen molar-refractivity contribution in [2.24, 2.45) is 0 Å². The number of halogens is 1. The van der Waals surface area contributed by atoms with Crippen molar-refractivity contribution >= 4 is 17.3 Å². The van der Waals surface area contributed by atoms with Crippen molar-refractivity contribution in [1.29, 1.82) is 0 Å². The molecule has 2 aromatic carbocycles. The van der Waals surface area contributed by atoms with E-state index in [9.17, 15) is 9.18 Å². The van der Waals surface area contributed by atoms with Gasteiger partial charge in [-0.2, -0.15) is 0 Å². The number of carbonyl (C=O) groups is 1. The molecule has 0 bridgehead atoms. The van der Waals surface area contributed by atoms with Gasteiger partial charge in [0.15, 0.2) is 0 Å². The zero-order chi connectivity index (χ0) is 20.8. The molecule has 1 aliphatic heterocycles. The van der Waals surface area contributed by atoms with Gasteiger partial charge in [0.1, 0.15) is 11.9 Å². The number of hydrogen-bond donors (Lipinski definition) is 1. The topological polar surface area (TPSA) is 38.8 Å². The van der Waals surface area contributed by atoms with Crippen LogP contribution in [-0.4, -0.2) is 62.0 Å². The lowest BCUT2D eigenvalue weighted by molar-refractivity contribution is -0.137. The number of rotatable bonds is 7. The van der Waals surface area contributed by atoms with Gasteiger partial charge in [0.2, 0.25) is 5.91 Å². The summed E-state index contributed by atoms with van der Waals surface area (Å²) in [6, 6.07) is 14.9. The van der Waals surface area contributed by atoms with Gasteiger partial charge in [-0.25, -0.2) is 4.39 Å². The average Bonchev–Trinajstić information content (AvgIpc) is 2.76. The smallest absolute Gasteiger partial charge is 0.244 e. The number of anilines is 2. The predicted octanol–water partition coefficient (Wildman–Crippen LogP) is 3.60. The first-order chi connectivity index (χ1) is 14.1. The molecule has 1 amide bonds. The summed E-state index contributed by atoms with van der Waals surface area (Å²) in [7, 11) is 1.78. The first kappa shape index (κ1) is 21.1. The van der Waals surface area contributed by atoms with E-state index in [2.05, 4.69) is 15.1 Å². The van der Waals surface area contributed by atoms with Crippen molar-refractivity contribution in [3.05, 3.63) is 59.9 Å². The van der Waals surface area contributed by atoms with E-state index in [-0.39, 0.29) is 17.8 Å². The summed E-state index contributed by atoms with van der Waals surface area (Å²) < 4.78 is 14.5. The Kier molecular flexibility index (Phi) is 7.09. The monoisotopic (exact) mass is 398 g/mol. The Morgan fingerprint density at radius 2 is 1.72 bits per heavy atom. The van der Waals surface area contributed by atoms with Gasteiger partial charge in [0, 0.05) is 52.0 Å². The molecular weight excluding hydrogens is 367 g/mol. The minimum atomic E-state index is -0.297. The molecule has 5 nitrogen and oxygen atoms in total. The third-order valence-electron chi connectivity index (χ3n) is 5.68. The van der Waals surface area contributed by atoms with Crippen molar-refractivity contribution in [3.63, 3.8) is 0 Å². The molecule has 156 valence electrons. The lowest BCUT2D eigenvalue weighted by Crippen LogP contribution is -2.51. The van der Waals surface area contributed by atoms with E-state index in [1.54, 1.807) is 7.05 Å². The van der Waals surface area contributed by atoms with E-state index in [4.69, 9.17) is 0 Å². The Labute approximate surface area is 173 Å². The fourth-order valence-corrected chi connectivity index (χ4v) is 3.99. The largest absolute Gasteiger partial charge is 0.388 e. The standard InChI is InChI=1S/C23H31FN4O/c1-4-26(5-2)23(29)22(18-9-7-6-8-10-18)28-15-13-27(14-16-28)21-12-11-19(25-3)17-20(21)24/h6-12,17,22,25H,4-5,13-16H2,1-3H3. The van der Waals surface area contributed by atoms with Crippen LogP contribution in [0.3, 0.4) is 0 Å². The summed E-state index contributed by atoms with van der Waals surface area (Å²) in [5, 5.41) is 2.96. The number of nitrogens with one attached hydrogen (secondary N) is 1. The molecule has 3 rings (SSSR count). The molecule has 1 aliphatic rings. The average molecular weight is 399 g/mol. The van der Waals surface area contributed by atoms with Crippen molar-refractivity contribution in [2.75, 3.05) is 56.5 Å². The Hall–Kier alpha value is -2.60. The van der Waals surface area contributed by atoms with Crippen molar-refractivity contribution < 1.29 is 9.18 Å². The Balaban J connectivity index is 1.77. The molecule has 0 aliphatic carbocycles. The molecule has 1 atom stereocenters. The SMILES string of the molecule is CCN(CC)C(=O)C(c1ccccc1)N1CCN(c2ccc(NC)cc2F)CC1. The predicted molar refractivity (Wildman–Crippen MR) is 117 cm³/mol. The van der Waals surface area contributed by atoms with Crippen LogP contribution in [0, 0.1) is 5.82 Å². The van der Waals surface area contributed by atoms with Gasteiger partial charge in [-0.1, -0.05) is 30.3 Å². The van der Waals surface area contributed by atoms with Gasteiger partial charge in [-0.05, 0) is 37.6 Å². The second-order valence-electron chi connectivity index (χ2n) is 7.26. The van der Waals surface area contributed by atoms with Crippen LogP contribution < -0.4 is 10.2 Å². The van der Waals surface area contributed by atoms with Crippen molar-refractivity contribution in [2.45, 2.75) is 19.9 Å². The summed E-state index contributed by atoms with van der Waals surface area (Å²) in [6.07, 6.45) is 0. The van der Waals surface area contributed by atoms with Gasteiger partial charge in [-0.3, -0.25) is 9.69 Å². The molecule has 1 fully saturated rings. The van der Waals surface area contributed by atoms with E-state index >= 15 is 0 Å². The van der Waals surface area contributed by atoms with Crippen LogP contribution >= 0.6 is 0 Å². The van der Waals surface area contributed by atoms with Gasteiger partial charge in [-0.15, -0.1) is 0 Å². The fourth-order valence-electron chi connectivity index (χ4n) is 3.99. The van der Waals surface area contributed by atoms with Gasteiger partial charge >= 0.3 is 0 Å².